The Morgan fingerprint density at radius 2 is 2.04 bits per heavy atom. The molecule has 1 saturated heterocycles. The van der Waals surface area contributed by atoms with Crippen molar-refractivity contribution in [1.82, 2.24) is 10.6 Å². The maximum Gasteiger partial charge on any atom is 0.220 e. The summed E-state index contributed by atoms with van der Waals surface area (Å²) >= 11 is 1.78. The van der Waals surface area contributed by atoms with E-state index in [1.807, 2.05) is 0 Å². The molecule has 1 aliphatic rings. The molecule has 2 heterocycles. The van der Waals surface area contributed by atoms with Crippen LogP contribution in [0.4, 0.5) is 0 Å². The van der Waals surface area contributed by atoms with Crippen LogP contribution in [0, 0.1) is 5.92 Å². The summed E-state index contributed by atoms with van der Waals surface area (Å²) < 4.78 is 1.33. The minimum atomic E-state index is 0. The summed E-state index contributed by atoms with van der Waals surface area (Å²) in [7, 11) is 0. The van der Waals surface area contributed by atoms with E-state index in [0.717, 1.165) is 38.4 Å². The molecule has 0 radical (unpaired) electrons. The Balaban J connectivity index is 0.00000192. The van der Waals surface area contributed by atoms with E-state index < -0.39 is 0 Å². The van der Waals surface area contributed by atoms with Gasteiger partial charge < -0.3 is 10.6 Å². The lowest BCUT2D eigenvalue weighted by Crippen LogP contribution is -2.30. The van der Waals surface area contributed by atoms with E-state index in [-0.39, 0.29) is 18.3 Å². The fraction of sp³-hybridized carbons (Fsp3) is 0.500. The number of amides is 1. The zero-order valence-corrected chi connectivity index (χ0v) is 15.0. The first-order chi connectivity index (χ1) is 10.8. The van der Waals surface area contributed by atoms with Crippen LogP contribution >= 0.6 is 23.7 Å². The van der Waals surface area contributed by atoms with Crippen molar-refractivity contribution >= 4 is 39.7 Å². The van der Waals surface area contributed by atoms with Crippen LogP contribution in [0.5, 0.6) is 0 Å². The van der Waals surface area contributed by atoms with E-state index in [0.29, 0.717) is 6.42 Å². The quantitative estimate of drug-likeness (QED) is 0.831. The van der Waals surface area contributed by atoms with Crippen LogP contribution in [0.25, 0.3) is 10.1 Å². The van der Waals surface area contributed by atoms with Crippen LogP contribution in [0.2, 0.25) is 0 Å². The van der Waals surface area contributed by atoms with Crippen molar-refractivity contribution in [2.24, 2.45) is 5.92 Å². The molecule has 1 fully saturated rings. The van der Waals surface area contributed by atoms with Gasteiger partial charge in [0, 0.05) is 17.7 Å². The van der Waals surface area contributed by atoms with Gasteiger partial charge >= 0.3 is 0 Å². The van der Waals surface area contributed by atoms with Crippen molar-refractivity contribution in [3.8, 4) is 0 Å². The standard InChI is InChI=1S/C18H24N2OS.ClH/c21-18(6-5-14-7-10-19-11-8-14)20-12-9-15-13-22-17-4-2-1-3-16(15)17;/h1-4,13-14,19H,5-12H2,(H,20,21);1H. The summed E-state index contributed by atoms with van der Waals surface area (Å²) in [5, 5.41) is 9.99. The largest absolute Gasteiger partial charge is 0.356 e. The number of hydrogen-bond acceptors (Lipinski definition) is 3. The molecule has 1 aromatic heterocycles. The Hall–Kier alpha value is -1.10. The van der Waals surface area contributed by atoms with Crippen LogP contribution in [-0.2, 0) is 11.2 Å². The highest BCUT2D eigenvalue weighted by Gasteiger charge is 2.14. The van der Waals surface area contributed by atoms with Gasteiger partial charge in [-0.05, 0) is 67.1 Å². The van der Waals surface area contributed by atoms with Crippen LogP contribution in [0.3, 0.4) is 0 Å². The number of piperidine rings is 1. The Morgan fingerprint density at radius 3 is 2.87 bits per heavy atom. The topological polar surface area (TPSA) is 41.1 Å². The van der Waals surface area contributed by atoms with Gasteiger partial charge in [0.25, 0.3) is 0 Å². The molecule has 1 aromatic carbocycles. The Bertz CT molecular complexity index is 622. The molecule has 5 heteroatoms. The highest BCUT2D eigenvalue weighted by atomic mass is 35.5. The maximum atomic E-state index is 12.0. The molecule has 0 atom stereocenters. The SMILES string of the molecule is Cl.O=C(CCC1CCNCC1)NCCc1csc2ccccc12. The number of benzene rings is 1. The first-order valence-corrected chi connectivity index (χ1v) is 9.13. The number of hydrogen-bond donors (Lipinski definition) is 2. The number of rotatable bonds is 6. The minimum Gasteiger partial charge on any atom is -0.356 e. The summed E-state index contributed by atoms with van der Waals surface area (Å²) in [6.07, 6.45) is 5.06. The van der Waals surface area contributed by atoms with Crippen molar-refractivity contribution in [3.63, 3.8) is 0 Å². The monoisotopic (exact) mass is 352 g/mol. The molecule has 3 rings (SSSR count). The molecule has 1 amide bonds. The van der Waals surface area contributed by atoms with Gasteiger partial charge in [-0.25, -0.2) is 0 Å². The van der Waals surface area contributed by atoms with E-state index in [9.17, 15) is 4.79 Å². The Morgan fingerprint density at radius 1 is 1.26 bits per heavy atom. The van der Waals surface area contributed by atoms with E-state index in [1.165, 1.54) is 28.5 Å². The number of halogens is 1. The molecule has 2 aromatic rings. The van der Waals surface area contributed by atoms with Crippen LogP contribution in [0.1, 0.15) is 31.2 Å². The summed E-state index contributed by atoms with van der Waals surface area (Å²) in [5.74, 6) is 0.936. The zero-order valence-electron chi connectivity index (χ0n) is 13.3. The summed E-state index contributed by atoms with van der Waals surface area (Å²) in [6, 6.07) is 8.47. The second-order valence-electron chi connectivity index (χ2n) is 6.09. The zero-order chi connectivity index (χ0) is 15.2. The molecular weight excluding hydrogens is 328 g/mol. The van der Waals surface area contributed by atoms with Crippen LogP contribution < -0.4 is 10.6 Å². The molecule has 1 aliphatic heterocycles. The highest BCUT2D eigenvalue weighted by molar-refractivity contribution is 7.17. The van der Waals surface area contributed by atoms with Crippen molar-refractivity contribution in [2.45, 2.75) is 32.1 Å². The second kappa shape index (κ2) is 9.26. The van der Waals surface area contributed by atoms with Gasteiger partial charge in [0.15, 0.2) is 0 Å². The molecule has 2 N–H and O–H groups in total. The lowest BCUT2D eigenvalue weighted by molar-refractivity contribution is -0.121. The fourth-order valence-corrected chi connectivity index (χ4v) is 4.15. The normalized spacial score (nSPS) is 15.3. The molecule has 0 unspecified atom stereocenters. The van der Waals surface area contributed by atoms with Gasteiger partial charge in [-0.1, -0.05) is 18.2 Å². The molecular formula is C18H25ClN2OS. The molecule has 0 aliphatic carbocycles. The number of fused-ring (bicyclic) bond motifs is 1. The summed E-state index contributed by atoms with van der Waals surface area (Å²) in [4.78, 5) is 12.0. The lowest BCUT2D eigenvalue weighted by Gasteiger charge is -2.22. The predicted molar refractivity (Wildman–Crippen MR) is 101 cm³/mol. The van der Waals surface area contributed by atoms with E-state index in [4.69, 9.17) is 0 Å². The average molecular weight is 353 g/mol. The first kappa shape index (κ1) is 18.2. The predicted octanol–water partition coefficient (Wildman–Crippen LogP) is 3.76. The summed E-state index contributed by atoms with van der Waals surface area (Å²) in [5.41, 5.74) is 1.35. The van der Waals surface area contributed by atoms with Gasteiger partial charge in [-0.15, -0.1) is 23.7 Å². The third-order valence-corrected chi connectivity index (χ3v) is 5.53. The number of nitrogens with one attached hydrogen (secondary N) is 2. The number of carbonyl (C=O) groups is 1. The van der Waals surface area contributed by atoms with E-state index in [1.54, 1.807) is 11.3 Å². The highest BCUT2D eigenvalue weighted by Crippen LogP contribution is 2.25. The van der Waals surface area contributed by atoms with Gasteiger partial charge in [0.05, 0.1) is 0 Å². The van der Waals surface area contributed by atoms with Gasteiger partial charge in [0.2, 0.25) is 5.91 Å². The Kier molecular flexibility index (Phi) is 7.34. The second-order valence-corrected chi connectivity index (χ2v) is 7.00. The van der Waals surface area contributed by atoms with E-state index >= 15 is 0 Å². The first-order valence-electron chi connectivity index (χ1n) is 8.25. The Labute approximate surface area is 148 Å². The fourth-order valence-electron chi connectivity index (χ4n) is 3.16. The smallest absolute Gasteiger partial charge is 0.220 e. The molecule has 126 valence electrons. The van der Waals surface area contributed by atoms with Crippen LogP contribution in [-0.4, -0.2) is 25.5 Å². The van der Waals surface area contributed by atoms with Crippen LogP contribution in [0.15, 0.2) is 29.6 Å². The molecule has 0 bridgehead atoms. The summed E-state index contributed by atoms with van der Waals surface area (Å²) in [6.45, 7) is 2.96. The number of thiophene rings is 1. The average Bonchev–Trinajstić information content (AvgIpc) is 2.97. The molecule has 0 saturated carbocycles. The van der Waals surface area contributed by atoms with Crippen molar-refractivity contribution in [1.29, 1.82) is 0 Å². The van der Waals surface area contributed by atoms with E-state index in [2.05, 4.69) is 40.3 Å². The van der Waals surface area contributed by atoms with Gasteiger partial charge in [0.1, 0.15) is 0 Å². The third kappa shape index (κ3) is 5.20. The molecule has 0 spiro atoms. The third-order valence-electron chi connectivity index (χ3n) is 4.52. The van der Waals surface area contributed by atoms with Gasteiger partial charge in [-0.3, -0.25) is 4.79 Å². The van der Waals surface area contributed by atoms with Crippen molar-refractivity contribution < 1.29 is 4.79 Å². The maximum absolute atomic E-state index is 12.0. The molecule has 3 nitrogen and oxygen atoms in total. The van der Waals surface area contributed by atoms with Gasteiger partial charge in [-0.2, -0.15) is 0 Å². The minimum absolute atomic E-state index is 0. The number of carbonyl (C=O) groups excluding carboxylic acids is 1. The van der Waals surface area contributed by atoms with Crippen molar-refractivity contribution in [2.75, 3.05) is 19.6 Å². The molecule has 23 heavy (non-hydrogen) atoms. The lowest BCUT2D eigenvalue weighted by atomic mass is 9.93. The van der Waals surface area contributed by atoms with Crippen molar-refractivity contribution in [3.05, 3.63) is 35.2 Å².